The molecule has 0 aliphatic carbocycles. The fourth-order valence-corrected chi connectivity index (χ4v) is 8.60. The zero-order chi connectivity index (χ0) is 28.3. The summed E-state index contributed by atoms with van der Waals surface area (Å²) in [5, 5.41) is 3.95. The van der Waals surface area contributed by atoms with Crippen molar-refractivity contribution in [2.75, 3.05) is 0 Å². The van der Waals surface area contributed by atoms with Gasteiger partial charge < -0.3 is 4.57 Å². The van der Waals surface area contributed by atoms with Crippen LogP contribution in [0.4, 0.5) is 0 Å². The summed E-state index contributed by atoms with van der Waals surface area (Å²) in [6.07, 6.45) is 0. The van der Waals surface area contributed by atoms with Crippen molar-refractivity contribution in [3.8, 4) is 39.9 Å². The van der Waals surface area contributed by atoms with Gasteiger partial charge in [0.1, 0.15) is 0 Å². The topological polar surface area (TPSA) is 43.6 Å². The molecule has 4 aromatic heterocycles. The molecule has 43 heavy (non-hydrogen) atoms. The smallest absolute Gasteiger partial charge is 0.164 e. The number of hydrogen-bond donors (Lipinski definition) is 0. The molecule has 202 valence electrons. The van der Waals surface area contributed by atoms with Gasteiger partial charge in [0.2, 0.25) is 0 Å². The molecule has 0 saturated carbocycles. The van der Waals surface area contributed by atoms with Crippen LogP contribution in [0.2, 0.25) is 0 Å². The molecule has 0 saturated heterocycles. The second kappa shape index (κ2) is 9.70. The van der Waals surface area contributed by atoms with Crippen molar-refractivity contribution >= 4 is 63.3 Å². The predicted molar refractivity (Wildman–Crippen MR) is 181 cm³/mol. The van der Waals surface area contributed by atoms with E-state index in [4.69, 9.17) is 15.0 Å². The maximum absolute atomic E-state index is 4.93. The van der Waals surface area contributed by atoms with Crippen LogP contribution in [-0.2, 0) is 0 Å². The number of rotatable bonds is 4. The number of hydrogen-bond acceptors (Lipinski definition) is 5. The van der Waals surface area contributed by atoms with E-state index in [1.807, 2.05) is 83.3 Å². The molecule has 0 fully saturated rings. The Morgan fingerprint density at radius 3 is 1.65 bits per heavy atom. The molecule has 0 N–H and O–H groups in total. The SMILES string of the molecule is c1ccc(-c2nc(-c3ccccc3)nc(-c3ccc(-n4c5ccccc5c5sc6sc7ccccc7c6c54)cc3)n2)cc1. The number of aromatic nitrogens is 4. The van der Waals surface area contributed by atoms with Gasteiger partial charge in [-0.15, -0.1) is 22.7 Å². The highest BCUT2D eigenvalue weighted by Gasteiger charge is 2.21. The minimum Gasteiger partial charge on any atom is -0.308 e. The lowest BCUT2D eigenvalue weighted by Crippen LogP contribution is -2.00. The molecule has 0 spiro atoms. The Kier molecular flexibility index (Phi) is 5.51. The van der Waals surface area contributed by atoms with Crippen molar-refractivity contribution in [1.82, 2.24) is 19.5 Å². The second-order valence-electron chi connectivity index (χ2n) is 10.5. The molecule has 6 heteroatoms. The number of para-hydroxylation sites is 1. The maximum Gasteiger partial charge on any atom is 0.164 e. The van der Waals surface area contributed by atoms with Crippen LogP contribution in [0.1, 0.15) is 0 Å². The van der Waals surface area contributed by atoms with Crippen molar-refractivity contribution in [3.05, 3.63) is 133 Å². The first-order chi connectivity index (χ1) is 21.3. The van der Waals surface area contributed by atoms with Crippen LogP contribution in [0, 0.1) is 0 Å². The second-order valence-corrected chi connectivity index (χ2v) is 12.8. The van der Waals surface area contributed by atoms with Gasteiger partial charge in [0.15, 0.2) is 17.5 Å². The molecular formula is C37H22N4S2. The fraction of sp³-hybridized carbons (Fsp3) is 0. The van der Waals surface area contributed by atoms with Crippen LogP contribution < -0.4 is 0 Å². The first kappa shape index (κ1) is 24.4. The van der Waals surface area contributed by atoms with E-state index in [-0.39, 0.29) is 0 Å². The average molecular weight is 587 g/mol. The van der Waals surface area contributed by atoms with E-state index in [0.29, 0.717) is 17.5 Å². The third kappa shape index (κ3) is 3.91. The maximum atomic E-state index is 4.93. The fourth-order valence-electron chi connectivity index (χ4n) is 5.92. The number of nitrogens with zero attached hydrogens (tertiary/aromatic N) is 4. The minimum absolute atomic E-state index is 0.656. The van der Waals surface area contributed by atoms with E-state index in [1.165, 1.54) is 40.6 Å². The zero-order valence-corrected chi connectivity index (χ0v) is 24.4. The Hall–Kier alpha value is -5.17. The lowest BCUT2D eigenvalue weighted by Gasteiger charge is -2.10. The normalized spacial score (nSPS) is 11.7. The van der Waals surface area contributed by atoms with Crippen LogP contribution >= 0.6 is 22.7 Å². The van der Waals surface area contributed by atoms with Gasteiger partial charge >= 0.3 is 0 Å². The molecule has 9 aromatic rings. The lowest BCUT2D eigenvalue weighted by atomic mass is 10.1. The van der Waals surface area contributed by atoms with Crippen molar-refractivity contribution in [3.63, 3.8) is 0 Å². The van der Waals surface area contributed by atoms with Crippen molar-refractivity contribution in [2.24, 2.45) is 0 Å². The Morgan fingerprint density at radius 1 is 0.465 bits per heavy atom. The summed E-state index contributed by atoms with van der Waals surface area (Å²) in [6.45, 7) is 0. The lowest BCUT2D eigenvalue weighted by molar-refractivity contribution is 1.07. The molecule has 0 aliphatic heterocycles. The van der Waals surface area contributed by atoms with E-state index >= 15 is 0 Å². The molecule has 5 aromatic carbocycles. The zero-order valence-electron chi connectivity index (χ0n) is 22.8. The highest BCUT2D eigenvalue weighted by molar-refractivity contribution is 7.45. The molecule has 0 atom stereocenters. The molecule has 0 aliphatic rings. The molecule has 0 bridgehead atoms. The monoisotopic (exact) mass is 586 g/mol. The third-order valence-electron chi connectivity index (χ3n) is 7.91. The predicted octanol–water partition coefficient (Wildman–Crippen LogP) is 10.4. The van der Waals surface area contributed by atoms with Gasteiger partial charge in [0.05, 0.1) is 19.7 Å². The van der Waals surface area contributed by atoms with Gasteiger partial charge in [-0.25, -0.2) is 15.0 Å². The van der Waals surface area contributed by atoms with Crippen molar-refractivity contribution < 1.29 is 0 Å². The van der Waals surface area contributed by atoms with Crippen LogP contribution in [0.25, 0.3) is 80.5 Å². The highest BCUT2D eigenvalue weighted by Crippen LogP contribution is 2.48. The average Bonchev–Trinajstić information content (AvgIpc) is 3.72. The van der Waals surface area contributed by atoms with E-state index in [9.17, 15) is 0 Å². The van der Waals surface area contributed by atoms with Gasteiger partial charge in [-0.1, -0.05) is 97.1 Å². The summed E-state index contributed by atoms with van der Waals surface area (Å²) in [6, 6.07) is 46.3. The van der Waals surface area contributed by atoms with Crippen molar-refractivity contribution in [1.29, 1.82) is 0 Å². The minimum atomic E-state index is 0.656. The van der Waals surface area contributed by atoms with Crippen LogP contribution in [-0.4, -0.2) is 19.5 Å². The van der Waals surface area contributed by atoms with Crippen LogP contribution in [0.15, 0.2) is 133 Å². The van der Waals surface area contributed by atoms with E-state index in [0.717, 1.165) is 22.4 Å². The van der Waals surface area contributed by atoms with Crippen molar-refractivity contribution in [2.45, 2.75) is 0 Å². The molecule has 0 radical (unpaired) electrons. The first-order valence-electron chi connectivity index (χ1n) is 14.1. The molecule has 0 unspecified atom stereocenters. The molecule has 4 heterocycles. The summed E-state index contributed by atoms with van der Waals surface area (Å²) >= 11 is 3.79. The largest absolute Gasteiger partial charge is 0.308 e. The summed E-state index contributed by atoms with van der Waals surface area (Å²) in [5.41, 5.74) is 6.49. The third-order valence-corrected chi connectivity index (χ3v) is 10.4. The van der Waals surface area contributed by atoms with E-state index in [1.54, 1.807) is 0 Å². The Labute approximate surface area is 255 Å². The van der Waals surface area contributed by atoms with Gasteiger partial charge in [-0.05, 0) is 36.4 Å². The standard InChI is InChI=1S/C37H22N4S2/c1-3-11-23(12-4-1)34-38-35(24-13-5-2-6-14-24)40-36(39-34)25-19-21-26(22-20-25)41-29-17-9-7-15-27(29)33-32(41)31-28-16-8-10-18-30(28)42-37(31)43-33/h1-22H. The van der Waals surface area contributed by atoms with Gasteiger partial charge in [-0.3, -0.25) is 0 Å². The number of fused-ring (bicyclic) bond motifs is 7. The highest BCUT2D eigenvalue weighted by atomic mass is 32.2. The number of benzene rings is 5. The quantitative estimate of drug-likeness (QED) is 0.206. The van der Waals surface area contributed by atoms with Crippen LogP contribution in [0.3, 0.4) is 0 Å². The van der Waals surface area contributed by atoms with Gasteiger partial charge in [0, 0.05) is 43.2 Å². The van der Waals surface area contributed by atoms with E-state index in [2.05, 4.69) is 77.4 Å². The summed E-state index contributed by atoms with van der Waals surface area (Å²) in [4.78, 5) is 14.7. The van der Waals surface area contributed by atoms with Crippen LogP contribution in [0.5, 0.6) is 0 Å². The van der Waals surface area contributed by atoms with Gasteiger partial charge in [0.25, 0.3) is 0 Å². The van der Waals surface area contributed by atoms with Gasteiger partial charge in [-0.2, -0.15) is 0 Å². The summed E-state index contributed by atoms with van der Waals surface area (Å²) in [5.74, 6) is 1.98. The summed E-state index contributed by atoms with van der Waals surface area (Å²) < 4.78 is 6.46. The molecule has 9 rings (SSSR count). The Balaban J connectivity index is 1.23. The Morgan fingerprint density at radius 2 is 1.00 bits per heavy atom. The molecule has 4 nitrogen and oxygen atoms in total. The Bertz CT molecular complexity index is 2380. The molecular weight excluding hydrogens is 565 g/mol. The summed E-state index contributed by atoms with van der Waals surface area (Å²) in [7, 11) is 0. The molecule has 0 amide bonds. The first-order valence-corrected chi connectivity index (χ1v) is 15.8. The van der Waals surface area contributed by atoms with E-state index < -0.39 is 0 Å². The number of thiophene rings is 2.